The minimum atomic E-state index is -0.480. The fourth-order valence-electron chi connectivity index (χ4n) is 1.88. The van der Waals surface area contributed by atoms with Crippen molar-refractivity contribution in [1.29, 1.82) is 0 Å². The number of rotatable bonds is 2. The number of imidazole rings is 1. The van der Waals surface area contributed by atoms with Gasteiger partial charge in [0.1, 0.15) is 0 Å². The van der Waals surface area contributed by atoms with Crippen molar-refractivity contribution in [1.82, 2.24) is 9.13 Å². The van der Waals surface area contributed by atoms with Crippen molar-refractivity contribution < 1.29 is 0 Å². The molecule has 1 aromatic carbocycles. The topological polar surface area (TPSA) is 52.9 Å². The lowest BCUT2D eigenvalue weighted by molar-refractivity contribution is 0.550. The molecule has 2 aromatic rings. The second kappa shape index (κ2) is 3.89. The molecule has 2 rings (SSSR count). The Kier molecular flexibility index (Phi) is 2.67. The second-order valence-electron chi connectivity index (χ2n) is 4.80. The SMILES string of the molecule is Cn1ccn(-c2ccccc2C(C)(C)N)c1=O. The zero-order chi connectivity index (χ0) is 12.6. The van der Waals surface area contributed by atoms with Crippen molar-refractivity contribution in [2.75, 3.05) is 0 Å². The zero-order valence-electron chi connectivity index (χ0n) is 10.3. The maximum absolute atomic E-state index is 11.9. The Morgan fingerprint density at radius 3 is 2.35 bits per heavy atom. The molecule has 0 bridgehead atoms. The molecular weight excluding hydrogens is 214 g/mol. The van der Waals surface area contributed by atoms with E-state index in [9.17, 15) is 4.79 Å². The van der Waals surface area contributed by atoms with Gasteiger partial charge in [-0.25, -0.2) is 4.79 Å². The highest BCUT2D eigenvalue weighted by Gasteiger charge is 2.19. The molecule has 0 amide bonds. The van der Waals surface area contributed by atoms with E-state index in [0.29, 0.717) is 0 Å². The van der Waals surface area contributed by atoms with Gasteiger partial charge in [-0.2, -0.15) is 0 Å². The van der Waals surface area contributed by atoms with Crippen LogP contribution in [0, 0.1) is 0 Å². The molecule has 4 nitrogen and oxygen atoms in total. The molecule has 0 radical (unpaired) electrons. The average molecular weight is 231 g/mol. The maximum atomic E-state index is 11.9. The molecule has 2 N–H and O–H groups in total. The molecule has 1 aromatic heterocycles. The predicted octanol–water partition coefficient (Wildman–Crippen LogP) is 1.37. The van der Waals surface area contributed by atoms with Crippen LogP contribution in [-0.2, 0) is 12.6 Å². The summed E-state index contributed by atoms with van der Waals surface area (Å²) in [7, 11) is 1.73. The van der Waals surface area contributed by atoms with Gasteiger partial charge in [-0.1, -0.05) is 18.2 Å². The lowest BCUT2D eigenvalue weighted by Crippen LogP contribution is -2.31. The molecule has 0 aliphatic heterocycles. The van der Waals surface area contributed by atoms with Gasteiger partial charge in [0.15, 0.2) is 0 Å². The number of nitrogens with zero attached hydrogens (tertiary/aromatic N) is 2. The summed E-state index contributed by atoms with van der Waals surface area (Å²) in [5, 5.41) is 0. The van der Waals surface area contributed by atoms with E-state index in [1.165, 1.54) is 0 Å². The highest BCUT2D eigenvalue weighted by atomic mass is 16.1. The predicted molar refractivity (Wildman–Crippen MR) is 68.2 cm³/mol. The molecule has 0 unspecified atom stereocenters. The number of hydrogen-bond acceptors (Lipinski definition) is 2. The van der Waals surface area contributed by atoms with Crippen LogP contribution in [0.15, 0.2) is 41.5 Å². The molecule has 0 saturated carbocycles. The molecular formula is C13H17N3O. The quantitative estimate of drug-likeness (QED) is 0.848. The summed E-state index contributed by atoms with van der Waals surface area (Å²) >= 11 is 0. The summed E-state index contributed by atoms with van der Waals surface area (Å²) in [5.41, 5.74) is 7.37. The third kappa shape index (κ3) is 2.03. The van der Waals surface area contributed by atoms with Gasteiger partial charge >= 0.3 is 5.69 Å². The fraction of sp³-hybridized carbons (Fsp3) is 0.308. The van der Waals surface area contributed by atoms with Gasteiger partial charge in [-0.05, 0) is 25.5 Å². The number of para-hydroxylation sites is 1. The molecule has 4 heteroatoms. The normalized spacial score (nSPS) is 11.8. The first-order chi connectivity index (χ1) is 7.91. The molecule has 0 aliphatic rings. The number of aromatic nitrogens is 2. The summed E-state index contributed by atoms with van der Waals surface area (Å²) in [6.07, 6.45) is 3.50. The molecule has 0 aliphatic carbocycles. The minimum absolute atomic E-state index is 0.0679. The Bertz CT molecular complexity index is 587. The Balaban J connectivity index is 2.69. The van der Waals surface area contributed by atoms with E-state index in [-0.39, 0.29) is 5.69 Å². The van der Waals surface area contributed by atoms with Gasteiger partial charge in [0, 0.05) is 25.0 Å². The summed E-state index contributed by atoms with van der Waals surface area (Å²) in [6, 6.07) is 7.70. The molecule has 0 fully saturated rings. The van der Waals surface area contributed by atoms with Gasteiger partial charge in [0.2, 0.25) is 0 Å². The Hall–Kier alpha value is -1.81. The van der Waals surface area contributed by atoms with Crippen LogP contribution >= 0.6 is 0 Å². The van der Waals surface area contributed by atoms with Crippen LogP contribution in [0.5, 0.6) is 0 Å². The molecule has 0 saturated heterocycles. The van der Waals surface area contributed by atoms with Crippen LogP contribution in [0.25, 0.3) is 5.69 Å². The van der Waals surface area contributed by atoms with Crippen LogP contribution in [0.2, 0.25) is 0 Å². The van der Waals surface area contributed by atoms with E-state index in [2.05, 4.69) is 0 Å². The van der Waals surface area contributed by atoms with E-state index in [0.717, 1.165) is 11.3 Å². The average Bonchev–Trinajstić information content (AvgIpc) is 2.59. The third-order valence-electron chi connectivity index (χ3n) is 2.80. The molecule has 0 spiro atoms. The monoisotopic (exact) mass is 231 g/mol. The van der Waals surface area contributed by atoms with Gasteiger partial charge in [-0.15, -0.1) is 0 Å². The van der Waals surface area contributed by atoms with Crippen LogP contribution in [0.3, 0.4) is 0 Å². The Morgan fingerprint density at radius 2 is 1.82 bits per heavy atom. The summed E-state index contributed by atoms with van der Waals surface area (Å²) in [5.74, 6) is 0. The van der Waals surface area contributed by atoms with Crippen molar-refractivity contribution in [3.8, 4) is 5.69 Å². The van der Waals surface area contributed by atoms with Crippen LogP contribution < -0.4 is 11.4 Å². The van der Waals surface area contributed by atoms with Gasteiger partial charge < -0.3 is 10.3 Å². The number of benzene rings is 1. The molecule has 90 valence electrons. The van der Waals surface area contributed by atoms with E-state index in [4.69, 9.17) is 5.73 Å². The summed E-state index contributed by atoms with van der Waals surface area (Å²) < 4.78 is 3.16. The molecule has 17 heavy (non-hydrogen) atoms. The van der Waals surface area contributed by atoms with Crippen molar-refractivity contribution in [3.63, 3.8) is 0 Å². The fourth-order valence-corrected chi connectivity index (χ4v) is 1.88. The second-order valence-corrected chi connectivity index (χ2v) is 4.80. The van der Waals surface area contributed by atoms with Crippen LogP contribution in [0.4, 0.5) is 0 Å². The Labute approximate surface area is 100 Å². The first-order valence-corrected chi connectivity index (χ1v) is 5.54. The van der Waals surface area contributed by atoms with Crippen molar-refractivity contribution in [2.24, 2.45) is 12.8 Å². The summed E-state index contributed by atoms with van der Waals surface area (Å²) in [6.45, 7) is 3.86. The Morgan fingerprint density at radius 1 is 1.18 bits per heavy atom. The lowest BCUT2D eigenvalue weighted by atomic mass is 9.94. The van der Waals surface area contributed by atoms with Crippen molar-refractivity contribution >= 4 is 0 Å². The highest BCUT2D eigenvalue weighted by Crippen LogP contribution is 2.23. The lowest BCUT2D eigenvalue weighted by Gasteiger charge is -2.22. The zero-order valence-corrected chi connectivity index (χ0v) is 10.3. The number of hydrogen-bond donors (Lipinski definition) is 1. The van der Waals surface area contributed by atoms with E-state index >= 15 is 0 Å². The number of aryl methyl sites for hydroxylation is 1. The maximum Gasteiger partial charge on any atom is 0.332 e. The highest BCUT2D eigenvalue weighted by molar-refractivity contribution is 5.44. The van der Waals surface area contributed by atoms with Gasteiger partial charge in [-0.3, -0.25) is 4.57 Å². The van der Waals surface area contributed by atoms with Crippen LogP contribution in [0.1, 0.15) is 19.4 Å². The largest absolute Gasteiger partial charge is 0.332 e. The molecule has 0 atom stereocenters. The summed E-state index contributed by atoms with van der Waals surface area (Å²) in [4.78, 5) is 11.9. The van der Waals surface area contributed by atoms with Gasteiger partial charge in [0.05, 0.1) is 5.69 Å². The number of nitrogens with two attached hydrogens (primary N) is 1. The first kappa shape index (κ1) is 11.7. The van der Waals surface area contributed by atoms with E-state index < -0.39 is 5.54 Å². The minimum Gasteiger partial charge on any atom is -0.322 e. The van der Waals surface area contributed by atoms with Crippen molar-refractivity contribution in [2.45, 2.75) is 19.4 Å². The first-order valence-electron chi connectivity index (χ1n) is 5.54. The van der Waals surface area contributed by atoms with Crippen LogP contribution in [-0.4, -0.2) is 9.13 Å². The van der Waals surface area contributed by atoms with E-state index in [1.807, 2.05) is 38.1 Å². The van der Waals surface area contributed by atoms with Gasteiger partial charge in [0.25, 0.3) is 0 Å². The smallest absolute Gasteiger partial charge is 0.322 e. The third-order valence-corrected chi connectivity index (χ3v) is 2.80. The standard InChI is InChI=1S/C13H17N3O/c1-13(2,14)10-6-4-5-7-11(10)16-9-8-15(3)12(16)17/h4-9H,14H2,1-3H3. The molecule has 1 heterocycles. The van der Waals surface area contributed by atoms with Crippen molar-refractivity contribution in [3.05, 3.63) is 52.7 Å². The van der Waals surface area contributed by atoms with E-state index in [1.54, 1.807) is 28.6 Å².